The van der Waals surface area contributed by atoms with Gasteiger partial charge < -0.3 is 9.64 Å². The number of nitrogens with zero attached hydrogens (tertiary/aromatic N) is 1. The predicted molar refractivity (Wildman–Crippen MR) is 82.3 cm³/mol. The second kappa shape index (κ2) is 7.10. The molecule has 2 rings (SSSR count). The molecule has 0 saturated heterocycles. The van der Waals surface area contributed by atoms with E-state index >= 15 is 0 Å². The van der Waals surface area contributed by atoms with Crippen molar-refractivity contribution in [1.82, 2.24) is 4.90 Å². The van der Waals surface area contributed by atoms with Gasteiger partial charge in [0.2, 0.25) is 0 Å². The molecule has 0 saturated carbocycles. The van der Waals surface area contributed by atoms with Crippen LogP contribution in [0.4, 0.5) is 0 Å². The molecule has 0 N–H and O–H groups in total. The topological polar surface area (TPSA) is 29.5 Å². The Morgan fingerprint density at radius 2 is 2.00 bits per heavy atom. The molecule has 0 spiro atoms. The second-order valence-electron chi connectivity index (χ2n) is 4.59. The largest absolute Gasteiger partial charge is 0.497 e. The fourth-order valence-electron chi connectivity index (χ4n) is 2.04. The Balaban J connectivity index is 2.12. The van der Waals surface area contributed by atoms with Gasteiger partial charge >= 0.3 is 0 Å². The van der Waals surface area contributed by atoms with Crippen molar-refractivity contribution in [2.75, 3.05) is 13.7 Å². The van der Waals surface area contributed by atoms with E-state index in [9.17, 15) is 4.79 Å². The Morgan fingerprint density at radius 1 is 1.25 bits per heavy atom. The van der Waals surface area contributed by atoms with Gasteiger partial charge in [-0.2, -0.15) is 11.3 Å². The van der Waals surface area contributed by atoms with Crippen molar-refractivity contribution >= 4 is 17.2 Å². The fourth-order valence-corrected chi connectivity index (χ4v) is 2.70. The molecule has 0 unspecified atom stereocenters. The maximum atomic E-state index is 12.5. The van der Waals surface area contributed by atoms with E-state index in [1.54, 1.807) is 18.4 Å². The van der Waals surface area contributed by atoms with Crippen LogP contribution in [-0.4, -0.2) is 24.5 Å². The van der Waals surface area contributed by atoms with Gasteiger partial charge in [-0.25, -0.2) is 0 Å². The van der Waals surface area contributed by atoms with E-state index in [0.29, 0.717) is 12.1 Å². The third-order valence-electron chi connectivity index (χ3n) is 3.07. The van der Waals surface area contributed by atoms with Crippen molar-refractivity contribution in [3.05, 3.63) is 52.2 Å². The number of carbonyl (C=O) groups is 1. The van der Waals surface area contributed by atoms with Gasteiger partial charge in [-0.05, 0) is 53.1 Å². The number of ether oxygens (including phenoxy) is 1. The zero-order valence-corrected chi connectivity index (χ0v) is 12.7. The first-order valence-corrected chi connectivity index (χ1v) is 7.63. The highest BCUT2D eigenvalue weighted by Gasteiger charge is 2.15. The summed E-state index contributed by atoms with van der Waals surface area (Å²) in [4.78, 5) is 14.4. The van der Waals surface area contributed by atoms with Crippen LogP contribution in [-0.2, 0) is 6.54 Å². The van der Waals surface area contributed by atoms with Crippen LogP contribution in [0.3, 0.4) is 0 Å². The molecule has 20 heavy (non-hydrogen) atoms. The molecule has 0 atom stereocenters. The predicted octanol–water partition coefficient (Wildman–Crippen LogP) is 3.81. The van der Waals surface area contributed by atoms with E-state index in [2.05, 4.69) is 18.4 Å². The van der Waals surface area contributed by atoms with Crippen molar-refractivity contribution in [3.63, 3.8) is 0 Å². The molecule has 0 bridgehead atoms. The number of rotatable bonds is 6. The average Bonchev–Trinajstić information content (AvgIpc) is 2.99. The van der Waals surface area contributed by atoms with Crippen molar-refractivity contribution in [1.29, 1.82) is 0 Å². The van der Waals surface area contributed by atoms with Crippen LogP contribution in [0, 0.1) is 0 Å². The number of benzene rings is 1. The first kappa shape index (κ1) is 14.6. The van der Waals surface area contributed by atoms with E-state index in [0.717, 1.165) is 18.7 Å². The average molecular weight is 289 g/mol. The Kier molecular flexibility index (Phi) is 5.18. The standard InChI is InChI=1S/C16H19NO2S/c1-3-9-17(11-13-8-10-20-12-13)16(18)14-4-6-15(19-2)7-5-14/h4-8,10,12H,3,9,11H2,1-2H3. The number of thiophene rings is 1. The Labute approximate surface area is 123 Å². The molecule has 1 aromatic heterocycles. The molecular formula is C16H19NO2S. The van der Waals surface area contributed by atoms with Gasteiger partial charge in [0.05, 0.1) is 7.11 Å². The maximum absolute atomic E-state index is 12.5. The van der Waals surface area contributed by atoms with Crippen LogP contribution in [0.1, 0.15) is 29.3 Å². The molecule has 1 aromatic carbocycles. The summed E-state index contributed by atoms with van der Waals surface area (Å²) in [7, 11) is 1.62. The van der Waals surface area contributed by atoms with Crippen LogP contribution >= 0.6 is 11.3 Å². The van der Waals surface area contributed by atoms with Gasteiger partial charge in [0, 0.05) is 18.7 Å². The number of carbonyl (C=O) groups excluding carboxylic acids is 1. The number of hydrogen-bond acceptors (Lipinski definition) is 3. The third kappa shape index (κ3) is 3.61. The fraction of sp³-hybridized carbons (Fsp3) is 0.312. The minimum Gasteiger partial charge on any atom is -0.497 e. The molecule has 3 nitrogen and oxygen atoms in total. The number of hydrogen-bond donors (Lipinski definition) is 0. The molecule has 0 aliphatic heterocycles. The zero-order valence-electron chi connectivity index (χ0n) is 11.8. The van der Waals surface area contributed by atoms with Crippen LogP contribution < -0.4 is 4.74 Å². The third-order valence-corrected chi connectivity index (χ3v) is 3.80. The van der Waals surface area contributed by atoms with Gasteiger partial charge in [0.15, 0.2) is 0 Å². The van der Waals surface area contributed by atoms with E-state index < -0.39 is 0 Å². The summed E-state index contributed by atoms with van der Waals surface area (Å²) < 4.78 is 5.12. The summed E-state index contributed by atoms with van der Waals surface area (Å²) in [5.41, 5.74) is 1.89. The van der Waals surface area contributed by atoms with Crippen molar-refractivity contribution < 1.29 is 9.53 Å². The Morgan fingerprint density at radius 3 is 2.55 bits per heavy atom. The molecule has 0 fully saturated rings. The minimum atomic E-state index is 0.0701. The minimum absolute atomic E-state index is 0.0701. The smallest absolute Gasteiger partial charge is 0.254 e. The van der Waals surface area contributed by atoms with E-state index in [-0.39, 0.29) is 5.91 Å². The highest BCUT2D eigenvalue weighted by Crippen LogP contribution is 2.16. The summed E-state index contributed by atoms with van der Waals surface area (Å²) in [5.74, 6) is 0.835. The van der Waals surface area contributed by atoms with Crippen molar-refractivity contribution in [2.24, 2.45) is 0 Å². The lowest BCUT2D eigenvalue weighted by Gasteiger charge is -2.22. The molecular weight excluding hydrogens is 270 g/mol. The van der Waals surface area contributed by atoms with E-state index in [4.69, 9.17) is 4.74 Å². The normalized spacial score (nSPS) is 10.3. The number of methoxy groups -OCH3 is 1. The van der Waals surface area contributed by atoms with Crippen LogP contribution in [0.15, 0.2) is 41.1 Å². The van der Waals surface area contributed by atoms with Gasteiger partial charge in [-0.1, -0.05) is 6.92 Å². The molecule has 2 aromatic rings. The van der Waals surface area contributed by atoms with Crippen molar-refractivity contribution in [2.45, 2.75) is 19.9 Å². The molecule has 1 amide bonds. The molecule has 106 valence electrons. The van der Waals surface area contributed by atoms with Crippen LogP contribution in [0.2, 0.25) is 0 Å². The Hall–Kier alpha value is -1.81. The molecule has 1 heterocycles. The summed E-state index contributed by atoms with van der Waals surface area (Å²) in [6, 6.07) is 9.34. The lowest BCUT2D eigenvalue weighted by molar-refractivity contribution is 0.0743. The highest BCUT2D eigenvalue weighted by atomic mass is 32.1. The highest BCUT2D eigenvalue weighted by molar-refractivity contribution is 7.07. The van der Waals surface area contributed by atoms with Gasteiger partial charge in [-0.15, -0.1) is 0 Å². The van der Waals surface area contributed by atoms with E-state index in [1.165, 1.54) is 5.56 Å². The van der Waals surface area contributed by atoms with E-state index in [1.807, 2.05) is 34.5 Å². The summed E-state index contributed by atoms with van der Waals surface area (Å²) in [5, 5.41) is 4.13. The molecule has 4 heteroatoms. The van der Waals surface area contributed by atoms with Crippen LogP contribution in [0.25, 0.3) is 0 Å². The summed E-state index contributed by atoms with van der Waals surface area (Å²) >= 11 is 1.66. The first-order valence-electron chi connectivity index (χ1n) is 6.69. The van der Waals surface area contributed by atoms with Gasteiger partial charge in [-0.3, -0.25) is 4.79 Å². The van der Waals surface area contributed by atoms with Gasteiger partial charge in [0.1, 0.15) is 5.75 Å². The number of amides is 1. The van der Waals surface area contributed by atoms with Crippen molar-refractivity contribution in [3.8, 4) is 5.75 Å². The lowest BCUT2D eigenvalue weighted by atomic mass is 10.1. The molecule has 0 aliphatic rings. The zero-order chi connectivity index (χ0) is 14.4. The lowest BCUT2D eigenvalue weighted by Crippen LogP contribution is -2.31. The quantitative estimate of drug-likeness (QED) is 0.809. The second-order valence-corrected chi connectivity index (χ2v) is 5.37. The molecule has 0 radical (unpaired) electrons. The maximum Gasteiger partial charge on any atom is 0.254 e. The Bertz CT molecular complexity index is 534. The van der Waals surface area contributed by atoms with Gasteiger partial charge in [0.25, 0.3) is 5.91 Å². The SMILES string of the molecule is CCCN(Cc1ccsc1)C(=O)c1ccc(OC)cc1. The summed E-state index contributed by atoms with van der Waals surface area (Å²) in [6.07, 6.45) is 0.950. The monoisotopic (exact) mass is 289 g/mol. The first-order chi connectivity index (χ1) is 9.74. The molecule has 0 aliphatic carbocycles. The summed E-state index contributed by atoms with van der Waals surface area (Å²) in [6.45, 7) is 3.52. The van der Waals surface area contributed by atoms with Crippen LogP contribution in [0.5, 0.6) is 5.75 Å².